The fourth-order valence-electron chi connectivity index (χ4n) is 4.00. The molecule has 0 bridgehead atoms. The van der Waals surface area contributed by atoms with Crippen LogP contribution in [0.2, 0.25) is 0 Å². The van der Waals surface area contributed by atoms with Gasteiger partial charge in [-0.3, -0.25) is 0 Å². The number of fused-ring (bicyclic) bond motifs is 1. The number of carbonyl (C=O) groups is 1. The monoisotopic (exact) mass is 436 g/mol. The Labute approximate surface area is 185 Å². The number of nitrogens with one attached hydrogen (secondary N) is 1. The number of methoxy groups -OCH3 is 1. The van der Waals surface area contributed by atoms with E-state index in [4.69, 9.17) is 18.7 Å². The Morgan fingerprint density at radius 1 is 1.12 bits per heavy atom. The minimum absolute atomic E-state index is 0.114. The van der Waals surface area contributed by atoms with Crippen LogP contribution in [0.1, 0.15) is 30.2 Å². The van der Waals surface area contributed by atoms with Gasteiger partial charge in [-0.15, -0.1) is 0 Å². The largest absolute Gasteiger partial charge is 0.495 e. The van der Waals surface area contributed by atoms with Gasteiger partial charge in [-0.05, 0) is 55.7 Å². The van der Waals surface area contributed by atoms with Crippen molar-refractivity contribution in [2.75, 3.05) is 32.3 Å². The Bertz CT molecular complexity index is 1140. The summed E-state index contributed by atoms with van der Waals surface area (Å²) in [6.07, 6.45) is 1.50. The fraction of sp³-hybridized carbons (Fsp3) is 0.348. The van der Waals surface area contributed by atoms with Crippen LogP contribution in [0, 0.1) is 6.92 Å². The van der Waals surface area contributed by atoms with Crippen molar-refractivity contribution in [3.63, 3.8) is 0 Å². The standard InChI is InChI=1S/C23H24N4O5/c1-14-3-5-18(29-2)17(11-14)24-23(28)27-9-7-15(8-10-27)22-25-21(26-32-22)16-4-6-19-20(12-16)31-13-30-19/h3-6,11-12,15H,7-10,13H2,1-2H3,(H,24,28). The van der Waals surface area contributed by atoms with E-state index in [1.54, 1.807) is 12.0 Å². The van der Waals surface area contributed by atoms with Crippen LogP contribution in [0.5, 0.6) is 17.2 Å². The van der Waals surface area contributed by atoms with E-state index in [1.807, 2.05) is 43.3 Å². The van der Waals surface area contributed by atoms with Gasteiger partial charge in [0.15, 0.2) is 11.5 Å². The molecule has 2 amide bonds. The summed E-state index contributed by atoms with van der Waals surface area (Å²) < 4.78 is 21.7. The molecule has 0 aliphatic carbocycles. The molecule has 2 aromatic carbocycles. The molecule has 1 saturated heterocycles. The molecule has 1 fully saturated rings. The molecule has 9 nitrogen and oxygen atoms in total. The van der Waals surface area contributed by atoms with Gasteiger partial charge in [0, 0.05) is 24.6 Å². The van der Waals surface area contributed by atoms with E-state index in [0.29, 0.717) is 47.7 Å². The number of piperidine rings is 1. The van der Waals surface area contributed by atoms with Gasteiger partial charge in [0.05, 0.1) is 12.8 Å². The first-order valence-corrected chi connectivity index (χ1v) is 10.5. The van der Waals surface area contributed by atoms with Crippen molar-refractivity contribution in [2.24, 2.45) is 0 Å². The van der Waals surface area contributed by atoms with Crippen LogP contribution in [0.15, 0.2) is 40.9 Å². The highest BCUT2D eigenvalue weighted by Gasteiger charge is 2.28. The highest BCUT2D eigenvalue weighted by atomic mass is 16.7. The molecule has 1 aromatic heterocycles. The van der Waals surface area contributed by atoms with Gasteiger partial charge < -0.3 is 29.0 Å². The van der Waals surface area contributed by atoms with E-state index >= 15 is 0 Å². The summed E-state index contributed by atoms with van der Waals surface area (Å²) in [5, 5.41) is 7.10. The molecule has 5 rings (SSSR count). The van der Waals surface area contributed by atoms with Crippen LogP contribution in [0.25, 0.3) is 11.4 Å². The summed E-state index contributed by atoms with van der Waals surface area (Å²) in [4.78, 5) is 19.1. The maximum atomic E-state index is 12.8. The Morgan fingerprint density at radius 3 is 2.75 bits per heavy atom. The van der Waals surface area contributed by atoms with Gasteiger partial charge in [0.25, 0.3) is 0 Å². The van der Waals surface area contributed by atoms with Crippen LogP contribution >= 0.6 is 0 Å². The van der Waals surface area contributed by atoms with Crippen molar-refractivity contribution in [1.82, 2.24) is 15.0 Å². The predicted molar refractivity (Wildman–Crippen MR) is 116 cm³/mol. The number of aromatic nitrogens is 2. The molecule has 1 N–H and O–H groups in total. The van der Waals surface area contributed by atoms with Crippen LogP contribution in [-0.2, 0) is 0 Å². The third-order valence-corrected chi connectivity index (χ3v) is 5.80. The van der Waals surface area contributed by atoms with E-state index in [9.17, 15) is 4.79 Å². The minimum atomic E-state index is -0.140. The molecular weight excluding hydrogens is 412 g/mol. The molecule has 2 aliphatic heterocycles. The van der Waals surface area contributed by atoms with Gasteiger partial charge in [-0.1, -0.05) is 11.2 Å². The summed E-state index contributed by atoms with van der Waals surface area (Å²) in [5.41, 5.74) is 2.53. The van der Waals surface area contributed by atoms with Gasteiger partial charge in [-0.2, -0.15) is 4.98 Å². The van der Waals surface area contributed by atoms with Crippen LogP contribution in [0.4, 0.5) is 10.5 Å². The van der Waals surface area contributed by atoms with Crippen LogP contribution in [0.3, 0.4) is 0 Å². The van der Waals surface area contributed by atoms with E-state index < -0.39 is 0 Å². The molecule has 9 heteroatoms. The third kappa shape index (κ3) is 3.93. The van der Waals surface area contributed by atoms with Crippen molar-refractivity contribution in [3.8, 4) is 28.6 Å². The summed E-state index contributed by atoms with van der Waals surface area (Å²) in [7, 11) is 1.59. The van der Waals surface area contributed by atoms with Gasteiger partial charge in [0.2, 0.25) is 18.5 Å². The zero-order valence-electron chi connectivity index (χ0n) is 18.0. The Kier molecular flexibility index (Phi) is 5.30. The number of benzene rings is 2. The van der Waals surface area contributed by atoms with E-state index in [2.05, 4.69) is 15.5 Å². The quantitative estimate of drug-likeness (QED) is 0.655. The summed E-state index contributed by atoms with van der Waals surface area (Å²) >= 11 is 0. The SMILES string of the molecule is COc1ccc(C)cc1NC(=O)N1CCC(c2nc(-c3ccc4c(c3)OCO4)no2)CC1. The first kappa shape index (κ1) is 20.2. The second-order valence-corrected chi connectivity index (χ2v) is 7.92. The van der Waals surface area contributed by atoms with E-state index in [-0.39, 0.29) is 18.7 Å². The lowest BCUT2D eigenvalue weighted by molar-refractivity contribution is 0.174. The number of rotatable bonds is 4. The molecule has 32 heavy (non-hydrogen) atoms. The molecule has 0 unspecified atom stereocenters. The molecule has 3 aromatic rings. The number of anilines is 1. The van der Waals surface area contributed by atoms with Crippen molar-refractivity contribution in [1.29, 1.82) is 0 Å². The number of carbonyl (C=O) groups excluding carboxylic acids is 1. The molecule has 0 spiro atoms. The second-order valence-electron chi connectivity index (χ2n) is 7.92. The summed E-state index contributed by atoms with van der Waals surface area (Å²) in [6.45, 7) is 3.40. The average Bonchev–Trinajstić information content (AvgIpc) is 3.48. The van der Waals surface area contributed by atoms with Crippen LogP contribution < -0.4 is 19.5 Å². The Balaban J connectivity index is 1.21. The van der Waals surface area contributed by atoms with E-state index in [1.165, 1.54) is 0 Å². The first-order chi connectivity index (χ1) is 15.6. The Hall–Kier alpha value is -3.75. The molecule has 166 valence electrons. The van der Waals surface area contributed by atoms with Crippen LogP contribution in [-0.4, -0.2) is 48.1 Å². The lowest BCUT2D eigenvalue weighted by Crippen LogP contribution is -2.40. The third-order valence-electron chi connectivity index (χ3n) is 5.80. The van der Waals surface area contributed by atoms with Crippen molar-refractivity contribution in [2.45, 2.75) is 25.7 Å². The number of hydrogen-bond acceptors (Lipinski definition) is 7. The van der Waals surface area contributed by atoms with E-state index in [0.717, 1.165) is 24.0 Å². The van der Waals surface area contributed by atoms with Gasteiger partial charge in [-0.25, -0.2) is 4.79 Å². The normalized spacial score (nSPS) is 15.6. The van der Waals surface area contributed by atoms with Crippen molar-refractivity contribution in [3.05, 3.63) is 47.9 Å². The summed E-state index contributed by atoms with van der Waals surface area (Å²) in [6, 6.07) is 11.1. The number of aryl methyl sites for hydroxylation is 1. The zero-order chi connectivity index (χ0) is 22.1. The molecule has 3 heterocycles. The lowest BCUT2D eigenvalue weighted by atomic mass is 9.97. The number of ether oxygens (including phenoxy) is 3. The molecular formula is C23H24N4O5. The summed E-state index contributed by atoms with van der Waals surface area (Å²) in [5.74, 6) is 3.26. The van der Waals surface area contributed by atoms with Gasteiger partial charge in [0.1, 0.15) is 5.75 Å². The Morgan fingerprint density at radius 2 is 1.94 bits per heavy atom. The molecule has 0 radical (unpaired) electrons. The fourth-order valence-corrected chi connectivity index (χ4v) is 4.00. The molecule has 0 atom stereocenters. The number of hydrogen-bond donors (Lipinski definition) is 1. The number of amides is 2. The second kappa shape index (κ2) is 8.41. The first-order valence-electron chi connectivity index (χ1n) is 10.5. The topological polar surface area (TPSA) is 99.0 Å². The highest BCUT2D eigenvalue weighted by molar-refractivity contribution is 5.91. The number of nitrogens with zero attached hydrogens (tertiary/aromatic N) is 3. The smallest absolute Gasteiger partial charge is 0.321 e. The number of urea groups is 1. The average molecular weight is 436 g/mol. The molecule has 0 saturated carbocycles. The maximum absolute atomic E-state index is 12.8. The van der Waals surface area contributed by atoms with Crippen molar-refractivity contribution >= 4 is 11.7 Å². The predicted octanol–water partition coefficient (Wildman–Crippen LogP) is 4.19. The lowest BCUT2D eigenvalue weighted by Gasteiger charge is -2.30. The maximum Gasteiger partial charge on any atom is 0.321 e. The van der Waals surface area contributed by atoms with Crippen molar-refractivity contribution < 1.29 is 23.5 Å². The van der Waals surface area contributed by atoms with Gasteiger partial charge >= 0.3 is 6.03 Å². The highest BCUT2D eigenvalue weighted by Crippen LogP contribution is 2.36. The molecule has 2 aliphatic rings. The zero-order valence-corrected chi connectivity index (χ0v) is 18.0. The minimum Gasteiger partial charge on any atom is -0.495 e. The number of likely N-dealkylation sites (tertiary alicyclic amines) is 1.